The van der Waals surface area contributed by atoms with Gasteiger partial charge in [-0.25, -0.2) is 0 Å². The van der Waals surface area contributed by atoms with E-state index < -0.39 is 0 Å². The summed E-state index contributed by atoms with van der Waals surface area (Å²) in [6.07, 6.45) is 4.62. The van der Waals surface area contributed by atoms with Gasteiger partial charge in [-0.05, 0) is 31.9 Å². The Morgan fingerprint density at radius 3 is 2.88 bits per heavy atom. The third kappa shape index (κ3) is 2.70. The van der Waals surface area contributed by atoms with Crippen molar-refractivity contribution >= 4 is 28.7 Å². The predicted molar refractivity (Wildman–Crippen MR) is 76.3 cm³/mol. The molecule has 3 heteroatoms. The van der Waals surface area contributed by atoms with Gasteiger partial charge in [0.1, 0.15) is 0 Å². The molecule has 0 radical (unpaired) electrons. The van der Waals surface area contributed by atoms with Crippen LogP contribution in [-0.2, 0) is 0 Å². The Hall–Kier alpha value is -0.710. The summed E-state index contributed by atoms with van der Waals surface area (Å²) in [7, 11) is 0. The minimum Gasteiger partial charge on any atom is -0.425 e. The van der Waals surface area contributed by atoms with E-state index in [4.69, 9.17) is 3.07 Å². The van der Waals surface area contributed by atoms with Gasteiger partial charge >= 0.3 is 0 Å². The van der Waals surface area contributed by atoms with E-state index in [0.29, 0.717) is 0 Å². The number of halogens is 1. The van der Waals surface area contributed by atoms with Crippen molar-refractivity contribution < 1.29 is 3.07 Å². The SMILES string of the molecule is CC1=CCCN(c2ccccc2OI)CC1. The monoisotopic (exact) mass is 329 g/mol. The van der Waals surface area contributed by atoms with E-state index in [9.17, 15) is 0 Å². The molecule has 1 aromatic rings. The molecule has 0 atom stereocenters. The number of anilines is 1. The van der Waals surface area contributed by atoms with Gasteiger partial charge in [0.15, 0.2) is 28.8 Å². The Morgan fingerprint density at radius 2 is 2.06 bits per heavy atom. The summed E-state index contributed by atoms with van der Waals surface area (Å²) in [5.41, 5.74) is 2.70. The lowest BCUT2D eigenvalue weighted by Crippen LogP contribution is -2.24. The van der Waals surface area contributed by atoms with Crippen molar-refractivity contribution in [1.82, 2.24) is 0 Å². The number of benzene rings is 1. The Kier molecular flexibility index (Phi) is 4.09. The highest BCUT2D eigenvalue weighted by Gasteiger charge is 2.13. The minimum absolute atomic E-state index is 0.961. The highest BCUT2D eigenvalue weighted by molar-refractivity contribution is 14.1. The van der Waals surface area contributed by atoms with Crippen LogP contribution in [0.5, 0.6) is 5.75 Å². The molecule has 0 bridgehead atoms. The van der Waals surface area contributed by atoms with Crippen molar-refractivity contribution in [2.45, 2.75) is 19.8 Å². The molecule has 2 rings (SSSR count). The molecule has 86 valence electrons. The summed E-state index contributed by atoms with van der Waals surface area (Å²) in [6, 6.07) is 8.24. The molecule has 0 spiro atoms. The fourth-order valence-corrected chi connectivity index (χ4v) is 2.39. The summed E-state index contributed by atoms with van der Waals surface area (Å²) in [5, 5.41) is 0. The van der Waals surface area contributed by atoms with Gasteiger partial charge in [-0.15, -0.1) is 0 Å². The van der Waals surface area contributed by atoms with E-state index >= 15 is 0 Å². The first-order valence-electron chi connectivity index (χ1n) is 5.59. The largest absolute Gasteiger partial charge is 0.425 e. The quantitative estimate of drug-likeness (QED) is 0.601. The summed E-state index contributed by atoms with van der Waals surface area (Å²) in [6.45, 7) is 4.37. The molecule has 0 amide bonds. The average molecular weight is 329 g/mol. The minimum atomic E-state index is 0.961. The fraction of sp³-hybridized carbons (Fsp3) is 0.385. The van der Waals surface area contributed by atoms with Crippen LogP contribution in [0.4, 0.5) is 5.69 Å². The summed E-state index contributed by atoms with van der Waals surface area (Å²) in [4.78, 5) is 2.40. The zero-order valence-corrected chi connectivity index (χ0v) is 11.6. The third-order valence-corrected chi connectivity index (χ3v) is 3.43. The average Bonchev–Trinajstić information content (AvgIpc) is 2.54. The van der Waals surface area contributed by atoms with Crippen molar-refractivity contribution in [2.24, 2.45) is 0 Å². The van der Waals surface area contributed by atoms with Crippen LogP contribution in [0.2, 0.25) is 0 Å². The van der Waals surface area contributed by atoms with Crippen LogP contribution in [-0.4, -0.2) is 13.1 Å². The molecule has 0 aromatic heterocycles. The van der Waals surface area contributed by atoms with Crippen LogP contribution >= 0.6 is 23.0 Å². The second-order valence-corrected chi connectivity index (χ2v) is 4.56. The molecule has 0 saturated heterocycles. The normalized spacial score (nSPS) is 16.6. The number of hydrogen-bond acceptors (Lipinski definition) is 2. The van der Waals surface area contributed by atoms with Gasteiger partial charge in [0.05, 0.1) is 5.69 Å². The van der Waals surface area contributed by atoms with Crippen molar-refractivity contribution in [3.8, 4) is 5.75 Å². The van der Waals surface area contributed by atoms with Gasteiger partial charge in [0, 0.05) is 13.1 Å². The van der Waals surface area contributed by atoms with Crippen molar-refractivity contribution in [3.05, 3.63) is 35.9 Å². The zero-order valence-electron chi connectivity index (χ0n) is 9.45. The van der Waals surface area contributed by atoms with Gasteiger partial charge in [0.2, 0.25) is 0 Å². The molecule has 0 unspecified atom stereocenters. The number of rotatable bonds is 2. The van der Waals surface area contributed by atoms with Crippen LogP contribution < -0.4 is 7.97 Å². The lowest BCUT2D eigenvalue weighted by molar-refractivity contribution is 0.699. The smallest absolute Gasteiger partial charge is 0.192 e. The maximum absolute atomic E-state index is 5.38. The van der Waals surface area contributed by atoms with Gasteiger partial charge in [-0.3, -0.25) is 0 Å². The summed E-state index contributed by atoms with van der Waals surface area (Å²) >= 11 is 1.95. The first-order valence-corrected chi connectivity index (χ1v) is 6.47. The maximum atomic E-state index is 5.38. The fourth-order valence-electron chi connectivity index (χ4n) is 2.02. The number of hydrogen-bond donors (Lipinski definition) is 0. The number of nitrogens with zero attached hydrogens (tertiary/aromatic N) is 1. The summed E-state index contributed by atoms with van der Waals surface area (Å²) in [5.74, 6) is 0.961. The Morgan fingerprint density at radius 1 is 1.25 bits per heavy atom. The molecule has 2 nitrogen and oxygen atoms in total. The Bertz CT molecular complexity index is 389. The Labute approximate surface area is 111 Å². The van der Waals surface area contributed by atoms with Crippen LogP contribution in [0.25, 0.3) is 0 Å². The molecule has 1 aromatic carbocycles. The molecule has 16 heavy (non-hydrogen) atoms. The van der Waals surface area contributed by atoms with Gasteiger partial charge in [-0.1, -0.05) is 23.8 Å². The molecular weight excluding hydrogens is 313 g/mol. The molecule has 0 saturated carbocycles. The molecule has 1 heterocycles. The second-order valence-electron chi connectivity index (χ2n) is 4.12. The van der Waals surface area contributed by atoms with E-state index in [1.165, 1.54) is 11.3 Å². The zero-order chi connectivity index (χ0) is 11.4. The van der Waals surface area contributed by atoms with Gasteiger partial charge < -0.3 is 7.97 Å². The van der Waals surface area contributed by atoms with Crippen LogP contribution in [0.15, 0.2) is 35.9 Å². The summed E-state index contributed by atoms with van der Waals surface area (Å²) < 4.78 is 5.38. The van der Waals surface area contributed by atoms with E-state index in [2.05, 4.69) is 30.0 Å². The maximum Gasteiger partial charge on any atom is 0.192 e. The third-order valence-electron chi connectivity index (χ3n) is 2.96. The van der Waals surface area contributed by atoms with Crippen molar-refractivity contribution in [1.29, 1.82) is 0 Å². The highest BCUT2D eigenvalue weighted by Crippen LogP contribution is 2.30. The van der Waals surface area contributed by atoms with Gasteiger partial charge in [-0.2, -0.15) is 0 Å². The van der Waals surface area contributed by atoms with Crippen LogP contribution in [0.3, 0.4) is 0 Å². The van der Waals surface area contributed by atoms with E-state index in [0.717, 1.165) is 31.7 Å². The molecule has 0 N–H and O–H groups in total. The standard InChI is InChI=1S/C13H16INO/c1-11-5-4-9-15(10-8-11)12-6-2-3-7-13(12)16-14/h2-3,5-7H,4,8-10H2,1H3. The highest BCUT2D eigenvalue weighted by atomic mass is 127. The second kappa shape index (κ2) is 5.57. The van der Waals surface area contributed by atoms with Gasteiger partial charge in [0.25, 0.3) is 0 Å². The van der Waals surface area contributed by atoms with Crippen molar-refractivity contribution in [3.63, 3.8) is 0 Å². The molecular formula is C13H16INO. The molecule has 0 fully saturated rings. The lowest BCUT2D eigenvalue weighted by atomic mass is 10.2. The first kappa shape index (κ1) is 11.8. The molecule has 0 aliphatic carbocycles. The topological polar surface area (TPSA) is 12.5 Å². The van der Waals surface area contributed by atoms with E-state index in [1.807, 2.05) is 35.1 Å². The first-order chi connectivity index (χ1) is 7.81. The lowest BCUT2D eigenvalue weighted by Gasteiger charge is -2.24. The van der Waals surface area contributed by atoms with Crippen molar-refractivity contribution in [2.75, 3.05) is 18.0 Å². The number of para-hydroxylation sites is 2. The van der Waals surface area contributed by atoms with E-state index in [-0.39, 0.29) is 0 Å². The van der Waals surface area contributed by atoms with E-state index in [1.54, 1.807) is 0 Å². The molecule has 1 aliphatic heterocycles. The Balaban J connectivity index is 2.18. The molecule has 1 aliphatic rings. The van der Waals surface area contributed by atoms with Crippen LogP contribution in [0, 0.1) is 0 Å². The van der Waals surface area contributed by atoms with Crippen LogP contribution in [0.1, 0.15) is 19.8 Å². The predicted octanol–water partition coefficient (Wildman–Crippen LogP) is 3.96.